The van der Waals surface area contributed by atoms with Gasteiger partial charge in [0.1, 0.15) is 29.2 Å². The van der Waals surface area contributed by atoms with Gasteiger partial charge in [0.25, 0.3) is 11.4 Å². The molecular formula is C37H61ClN12O7. The molecular weight excluding hydrogens is 760 g/mol. The first-order chi connectivity index (χ1) is 27.2. The summed E-state index contributed by atoms with van der Waals surface area (Å²) in [5.41, 5.74) is 11.6. The molecule has 0 radical (unpaired) electrons. The Morgan fingerprint density at radius 2 is 1.04 bits per heavy atom. The van der Waals surface area contributed by atoms with Crippen molar-refractivity contribution in [1.29, 1.82) is 0 Å². The molecule has 3 aromatic heterocycles. The number of morpholine rings is 3. The van der Waals surface area contributed by atoms with Crippen molar-refractivity contribution in [3.63, 3.8) is 0 Å². The van der Waals surface area contributed by atoms with Crippen LogP contribution in [0.4, 0.5) is 28.7 Å². The maximum absolute atomic E-state index is 10.5. The van der Waals surface area contributed by atoms with Crippen LogP contribution in [0.2, 0.25) is 5.15 Å². The van der Waals surface area contributed by atoms with Crippen LogP contribution in [0.15, 0.2) is 55.0 Å². The second-order valence-corrected chi connectivity index (χ2v) is 13.2. The van der Waals surface area contributed by atoms with Gasteiger partial charge in [0.2, 0.25) is 0 Å². The molecule has 0 spiro atoms. The van der Waals surface area contributed by atoms with Crippen molar-refractivity contribution in [3.05, 3.63) is 80.4 Å². The standard InChI is InChI=1S/C12H18N4O3.C12H20N4O.C7H16N2O.C5H3ClN2O2.CH4/c17-16(18)11-2-3-12(14-10-11)13-4-1-5-15-6-8-19-9-7-15;13-11-2-3-12(15-10-11)14-4-1-5-16-6-8-17-9-7-16;8-2-1-3-9-4-6-10-7-5-9;6-5-2-1-4(3-7-5)8(9)10;/h2-3,10H,1,4-9H2,(H,13,14);2-3,10H,1,4-9,13H2,(H,14,15);1-8H2;1-3H;1H4. The Morgan fingerprint density at radius 1 is 0.632 bits per heavy atom. The number of nitro groups is 2. The number of ether oxygens (including phenoxy) is 3. The van der Waals surface area contributed by atoms with E-state index in [9.17, 15) is 20.2 Å². The van der Waals surface area contributed by atoms with Gasteiger partial charge >= 0.3 is 0 Å². The number of nitrogens with two attached hydrogens (primary N) is 2. The number of nitrogens with zero attached hydrogens (tertiary/aromatic N) is 8. The molecule has 0 amide bonds. The van der Waals surface area contributed by atoms with Crippen molar-refractivity contribution in [2.24, 2.45) is 5.73 Å². The number of anilines is 3. The lowest BCUT2D eigenvalue weighted by atomic mass is 10.3. The number of nitrogen functional groups attached to an aromatic ring is 1. The van der Waals surface area contributed by atoms with E-state index in [-0.39, 0.29) is 24.0 Å². The Morgan fingerprint density at radius 3 is 1.39 bits per heavy atom. The van der Waals surface area contributed by atoms with Gasteiger partial charge in [-0.25, -0.2) is 15.0 Å². The molecule has 19 nitrogen and oxygen atoms in total. The van der Waals surface area contributed by atoms with Crippen LogP contribution in [0.3, 0.4) is 0 Å². The van der Waals surface area contributed by atoms with Crippen LogP contribution in [0.25, 0.3) is 0 Å². The van der Waals surface area contributed by atoms with Crippen molar-refractivity contribution in [3.8, 4) is 0 Å². The topological polar surface area (TPSA) is 238 Å². The zero-order valence-corrected chi connectivity index (χ0v) is 32.8. The summed E-state index contributed by atoms with van der Waals surface area (Å²) in [7, 11) is 0. The first kappa shape index (κ1) is 48.8. The first-order valence-electron chi connectivity index (χ1n) is 18.9. The fraction of sp³-hybridized carbons (Fsp3) is 0.595. The van der Waals surface area contributed by atoms with E-state index in [4.69, 9.17) is 37.3 Å². The number of pyridine rings is 3. The van der Waals surface area contributed by atoms with Gasteiger partial charge in [-0.15, -0.1) is 0 Å². The van der Waals surface area contributed by atoms with Crippen LogP contribution in [0.1, 0.15) is 26.7 Å². The summed E-state index contributed by atoms with van der Waals surface area (Å²) >= 11 is 5.38. The predicted octanol–water partition coefficient (Wildman–Crippen LogP) is 3.87. The van der Waals surface area contributed by atoms with E-state index in [1.807, 2.05) is 12.1 Å². The molecule has 3 saturated heterocycles. The SMILES string of the molecule is C.NCCCN1CCOCC1.Nc1ccc(NCCCN2CCOCC2)nc1.O=[N+]([O-])c1ccc(Cl)nc1.O=[N+]([O-])c1ccc(NCCCN2CCOCC2)nc1. The second-order valence-electron chi connectivity index (χ2n) is 12.8. The van der Waals surface area contributed by atoms with Gasteiger partial charge in [0, 0.05) is 64.5 Å². The van der Waals surface area contributed by atoms with Crippen molar-refractivity contribution in [2.75, 3.05) is 135 Å². The van der Waals surface area contributed by atoms with E-state index in [1.165, 1.54) is 24.4 Å². The van der Waals surface area contributed by atoms with E-state index >= 15 is 0 Å². The molecule has 318 valence electrons. The molecule has 6 heterocycles. The maximum atomic E-state index is 10.5. The normalized spacial score (nSPS) is 15.8. The fourth-order valence-electron chi connectivity index (χ4n) is 5.41. The third-order valence-corrected chi connectivity index (χ3v) is 8.80. The number of aromatic nitrogens is 3. The van der Waals surface area contributed by atoms with Crippen LogP contribution in [0, 0.1) is 20.2 Å². The summed E-state index contributed by atoms with van der Waals surface area (Å²) in [6.07, 6.45) is 7.29. The van der Waals surface area contributed by atoms with E-state index in [1.54, 1.807) is 12.3 Å². The highest BCUT2D eigenvalue weighted by atomic mass is 35.5. The van der Waals surface area contributed by atoms with Gasteiger partial charge in [-0.05, 0) is 69.7 Å². The van der Waals surface area contributed by atoms with Gasteiger partial charge in [-0.1, -0.05) is 19.0 Å². The third-order valence-electron chi connectivity index (χ3n) is 8.57. The Labute approximate surface area is 340 Å². The van der Waals surface area contributed by atoms with Crippen LogP contribution in [0.5, 0.6) is 0 Å². The highest BCUT2D eigenvalue weighted by molar-refractivity contribution is 6.29. The summed E-state index contributed by atoms with van der Waals surface area (Å²) in [4.78, 5) is 38.5. The van der Waals surface area contributed by atoms with Gasteiger partial charge in [0.05, 0.1) is 61.4 Å². The second kappa shape index (κ2) is 29.8. The molecule has 3 aliphatic heterocycles. The Kier molecular flexibility index (Phi) is 25.5. The molecule has 6 rings (SSSR count). The molecule has 0 aromatic carbocycles. The van der Waals surface area contributed by atoms with Crippen molar-refractivity contribution < 1.29 is 24.1 Å². The molecule has 3 aliphatic rings. The number of hydrogen-bond acceptors (Lipinski definition) is 17. The molecule has 0 unspecified atom stereocenters. The number of hydrogen-bond donors (Lipinski definition) is 4. The van der Waals surface area contributed by atoms with E-state index in [2.05, 4.69) is 40.3 Å². The summed E-state index contributed by atoms with van der Waals surface area (Å²) in [5, 5.41) is 27.2. The van der Waals surface area contributed by atoms with Crippen molar-refractivity contribution in [1.82, 2.24) is 29.7 Å². The molecule has 0 bridgehead atoms. The zero-order chi connectivity index (χ0) is 40.2. The van der Waals surface area contributed by atoms with Crippen LogP contribution in [-0.4, -0.2) is 158 Å². The summed E-state index contributed by atoms with van der Waals surface area (Å²) in [6.45, 7) is 17.3. The van der Waals surface area contributed by atoms with Gasteiger partial charge in [-0.3, -0.25) is 34.9 Å². The summed E-state index contributed by atoms with van der Waals surface area (Å²) in [6, 6.07) is 9.53. The summed E-state index contributed by atoms with van der Waals surface area (Å²) in [5.74, 6) is 1.56. The van der Waals surface area contributed by atoms with Gasteiger partial charge in [-0.2, -0.15) is 0 Å². The van der Waals surface area contributed by atoms with Crippen LogP contribution in [-0.2, 0) is 14.2 Å². The average molecular weight is 821 g/mol. The molecule has 3 aromatic rings. The van der Waals surface area contributed by atoms with Gasteiger partial charge in [0.15, 0.2) is 0 Å². The lowest BCUT2D eigenvalue weighted by Gasteiger charge is -2.26. The van der Waals surface area contributed by atoms with Crippen molar-refractivity contribution in [2.45, 2.75) is 26.7 Å². The van der Waals surface area contributed by atoms with Crippen molar-refractivity contribution >= 4 is 40.3 Å². The van der Waals surface area contributed by atoms with Crippen LogP contribution < -0.4 is 22.1 Å². The Bertz CT molecular complexity index is 1480. The average Bonchev–Trinajstić information content (AvgIpc) is 3.23. The molecule has 57 heavy (non-hydrogen) atoms. The minimum atomic E-state index is -0.524. The quantitative estimate of drug-likeness (QED) is 0.0737. The van der Waals surface area contributed by atoms with E-state index in [0.717, 1.165) is 149 Å². The molecule has 3 fully saturated rings. The highest BCUT2D eigenvalue weighted by Gasteiger charge is 2.11. The molecule has 0 atom stereocenters. The van der Waals surface area contributed by atoms with Crippen LogP contribution >= 0.6 is 11.6 Å². The molecule has 6 N–H and O–H groups in total. The maximum Gasteiger partial charge on any atom is 0.287 e. The Balaban J connectivity index is 0.000000271. The molecule has 0 aliphatic carbocycles. The Hall–Kier alpha value is -4.34. The fourth-order valence-corrected chi connectivity index (χ4v) is 5.52. The van der Waals surface area contributed by atoms with Gasteiger partial charge < -0.3 is 36.3 Å². The largest absolute Gasteiger partial charge is 0.397 e. The molecule has 0 saturated carbocycles. The predicted molar refractivity (Wildman–Crippen MR) is 224 cm³/mol. The molecule has 20 heteroatoms. The highest BCUT2D eigenvalue weighted by Crippen LogP contribution is 2.13. The minimum Gasteiger partial charge on any atom is -0.397 e. The monoisotopic (exact) mass is 820 g/mol. The first-order valence-corrected chi connectivity index (χ1v) is 19.3. The lowest BCUT2D eigenvalue weighted by molar-refractivity contribution is -0.385. The number of halogens is 1. The summed E-state index contributed by atoms with van der Waals surface area (Å²) < 4.78 is 15.8. The minimum absolute atomic E-state index is 0. The number of rotatable bonds is 15. The number of nitrogens with one attached hydrogen (secondary N) is 2. The smallest absolute Gasteiger partial charge is 0.287 e. The third kappa shape index (κ3) is 22.3. The lowest BCUT2D eigenvalue weighted by Crippen LogP contribution is -2.37. The zero-order valence-electron chi connectivity index (χ0n) is 32.0. The van der Waals surface area contributed by atoms with E-state index < -0.39 is 9.85 Å². The van der Waals surface area contributed by atoms with E-state index in [0.29, 0.717) is 11.5 Å².